The number of anilines is 2. The number of alkyl halides is 8. The van der Waals surface area contributed by atoms with E-state index >= 15 is 0 Å². The van der Waals surface area contributed by atoms with E-state index in [9.17, 15) is 55.7 Å². The minimum Gasteiger partial charge on any atom is -0.506 e. The minimum absolute atomic E-state index is 0.0627. The number of aromatic nitrogens is 4. The third-order valence-electron chi connectivity index (χ3n) is 11.3. The first-order chi connectivity index (χ1) is 31.3. The molecule has 0 spiro atoms. The molecule has 0 aliphatic carbocycles. The van der Waals surface area contributed by atoms with Gasteiger partial charge in [-0.2, -0.15) is 26.3 Å². The Bertz CT molecular complexity index is 2830. The summed E-state index contributed by atoms with van der Waals surface area (Å²) in [6.45, 7) is -0.125. The van der Waals surface area contributed by atoms with Gasteiger partial charge < -0.3 is 39.5 Å². The number of phenolic OH excluding ortho intramolecular Hbond substituents is 2. The number of pyridine rings is 2. The number of methoxy groups -OCH3 is 2. The highest BCUT2D eigenvalue weighted by atomic mass is 35.5. The highest BCUT2D eigenvalue weighted by Crippen LogP contribution is 2.51. The SMILES string of the molecule is COC(=O)c1c(C(F)(F)F)[nH]c2c(O)cc3c(c12)[C@H](CCl)CN3C(=O)/C=C/c1ccc(-c2ccc(/C=C/C(=O)N3C[C@@H](CCl)c4c3cc(O)c3[nH]c(C(F)(F)F)c(C(=O)OC)c43)cn2)nc1. The van der Waals surface area contributed by atoms with Crippen molar-refractivity contribution >= 4 is 92.3 Å². The zero-order chi connectivity index (χ0) is 47.6. The molecule has 0 unspecified atom stereocenters. The fraction of sp³-hybridized carbons (Fsp3) is 0.227. The lowest BCUT2D eigenvalue weighted by Crippen LogP contribution is -2.28. The zero-order valence-electron chi connectivity index (χ0n) is 34.1. The number of amides is 2. The van der Waals surface area contributed by atoms with Gasteiger partial charge in [0.15, 0.2) is 0 Å². The predicted molar refractivity (Wildman–Crippen MR) is 230 cm³/mol. The van der Waals surface area contributed by atoms with E-state index in [4.69, 9.17) is 23.2 Å². The van der Waals surface area contributed by atoms with E-state index in [0.29, 0.717) is 22.5 Å². The molecule has 6 aromatic rings. The summed E-state index contributed by atoms with van der Waals surface area (Å²) >= 11 is 12.5. The first kappa shape index (κ1) is 45.5. The number of esters is 2. The largest absolute Gasteiger partial charge is 0.506 e. The lowest BCUT2D eigenvalue weighted by molar-refractivity contribution is -0.141. The molecular formula is C44H32Cl2F6N6O8. The van der Waals surface area contributed by atoms with Crippen LogP contribution in [0.15, 0.2) is 60.9 Å². The van der Waals surface area contributed by atoms with E-state index in [1.807, 2.05) is 0 Å². The molecule has 8 rings (SSSR count). The lowest BCUT2D eigenvalue weighted by Gasteiger charge is -2.16. The monoisotopic (exact) mass is 956 g/mol. The molecule has 4 aromatic heterocycles. The van der Waals surface area contributed by atoms with Gasteiger partial charge in [0.05, 0.1) is 59.1 Å². The van der Waals surface area contributed by atoms with Gasteiger partial charge in [-0.25, -0.2) is 9.59 Å². The van der Waals surface area contributed by atoms with E-state index in [2.05, 4.69) is 29.4 Å². The van der Waals surface area contributed by atoms with Crippen LogP contribution < -0.4 is 9.80 Å². The number of fused-ring (bicyclic) bond motifs is 6. The van der Waals surface area contributed by atoms with Gasteiger partial charge in [0.1, 0.15) is 22.9 Å². The molecule has 2 atom stereocenters. The summed E-state index contributed by atoms with van der Waals surface area (Å²) in [6, 6.07) is 8.83. The molecule has 6 heterocycles. The molecule has 0 radical (unpaired) electrons. The second-order valence-electron chi connectivity index (χ2n) is 15.1. The van der Waals surface area contributed by atoms with E-state index < -0.39 is 82.0 Å². The number of nitrogens with one attached hydrogen (secondary N) is 2. The van der Waals surface area contributed by atoms with Crippen molar-refractivity contribution in [3.05, 3.63) is 106 Å². The van der Waals surface area contributed by atoms with Crippen LogP contribution in [0, 0.1) is 0 Å². The first-order valence-electron chi connectivity index (χ1n) is 19.5. The molecule has 2 aromatic carbocycles. The number of benzene rings is 2. The predicted octanol–water partition coefficient (Wildman–Crippen LogP) is 8.89. The van der Waals surface area contributed by atoms with Crippen molar-refractivity contribution in [3.8, 4) is 22.9 Å². The molecule has 2 amide bonds. The number of phenols is 2. The maximum atomic E-state index is 14.0. The molecule has 0 saturated carbocycles. The molecular weight excluding hydrogens is 925 g/mol. The van der Waals surface area contributed by atoms with Crippen molar-refractivity contribution in [3.63, 3.8) is 0 Å². The number of carbonyl (C=O) groups is 4. The summed E-state index contributed by atoms with van der Waals surface area (Å²) in [5.41, 5.74) is -2.89. The van der Waals surface area contributed by atoms with Crippen molar-refractivity contribution in [1.29, 1.82) is 0 Å². The second-order valence-corrected chi connectivity index (χ2v) is 15.7. The van der Waals surface area contributed by atoms with Crippen LogP contribution >= 0.6 is 23.2 Å². The Morgan fingerprint density at radius 2 is 1.08 bits per heavy atom. The molecule has 4 N–H and O–H groups in total. The quantitative estimate of drug-likeness (QED) is 0.0471. The number of aromatic amines is 2. The van der Waals surface area contributed by atoms with Gasteiger partial charge in [-0.15, -0.1) is 23.2 Å². The van der Waals surface area contributed by atoms with Gasteiger partial charge in [-0.1, -0.05) is 12.1 Å². The maximum absolute atomic E-state index is 14.0. The van der Waals surface area contributed by atoms with Crippen LogP contribution in [0.2, 0.25) is 0 Å². The summed E-state index contributed by atoms with van der Waals surface area (Å²) in [4.78, 5) is 67.9. The highest BCUT2D eigenvalue weighted by molar-refractivity contribution is 6.21. The minimum atomic E-state index is -5.01. The van der Waals surface area contributed by atoms with E-state index in [-0.39, 0.29) is 69.2 Å². The van der Waals surface area contributed by atoms with Gasteiger partial charge >= 0.3 is 24.3 Å². The van der Waals surface area contributed by atoms with Gasteiger partial charge in [-0.3, -0.25) is 19.6 Å². The Hall–Kier alpha value is -7.06. The molecule has 0 saturated heterocycles. The van der Waals surface area contributed by atoms with Gasteiger partial charge in [-0.05, 0) is 46.5 Å². The number of hydrogen-bond acceptors (Lipinski definition) is 10. The topological polar surface area (TPSA) is 191 Å². The number of carbonyl (C=O) groups excluding carboxylic acids is 4. The Morgan fingerprint density at radius 1 is 0.697 bits per heavy atom. The molecule has 342 valence electrons. The smallest absolute Gasteiger partial charge is 0.432 e. The third kappa shape index (κ3) is 7.82. The Kier molecular flexibility index (Phi) is 11.8. The maximum Gasteiger partial charge on any atom is 0.432 e. The zero-order valence-corrected chi connectivity index (χ0v) is 35.6. The number of ether oxygens (including phenoxy) is 2. The van der Waals surface area contributed by atoms with Crippen LogP contribution in [0.5, 0.6) is 11.5 Å². The van der Waals surface area contributed by atoms with E-state index in [0.717, 1.165) is 26.4 Å². The number of nitrogens with zero attached hydrogens (tertiary/aromatic N) is 4. The van der Waals surface area contributed by atoms with Gasteiger partial charge in [0.25, 0.3) is 11.8 Å². The van der Waals surface area contributed by atoms with Crippen molar-refractivity contribution in [2.24, 2.45) is 0 Å². The summed E-state index contributed by atoms with van der Waals surface area (Å²) in [7, 11) is 1.85. The molecule has 22 heteroatoms. The van der Waals surface area contributed by atoms with Crippen LogP contribution in [0.4, 0.5) is 37.7 Å². The molecule has 66 heavy (non-hydrogen) atoms. The van der Waals surface area contributed by atoms with Crippen LogP contribution in [0.25, 0.3) is 45.3 Å². The van der Waals surface area contributed by atoms with Crippen molar-refractivity contribution in [2.45, 2.75) is 24.2 Å². The third-order valence-corrected chi connectivity index (χ3v) is 12.0. The standard InChI is InChI=1S/C44H32Cl2F6N6O8/c1-65-41(63)35-33-31-21(13-45)17-57(25(31)11-27(59)37(33)55-39(35)43(47,48)49)29(61)9-5-19-3-7-23(53-15-19)24-8-4-20(16-54-24)6-10-30(62)58-18-22(14-46)32-26(58)12-28(60)38-34(32)36(42(64)66-2)40(56-38)44(50,51)52/h3-12,15-16,21-22,55-56,59-60H,13-14,17-18H2,1-2H3/b9-5+,10-6+/t21-,22-/m1/s1. The van der Waals surface area contributed by atoms with Crippen LogP contribution in [0.1, 0.15) is 66.2 Å². The average molecular weight is 958 g/mol. The Balaban J connectivity index is 0.982. The van der Waals surface area contributed by atoms with Gasteiger partial charge in [0.2, 0.25) is 0 Å². The molecule has 14 nitrogen and oxygen atoms in total. The summed E-state index contributed by atoms with van der Waals surface area (Å²) < 4.78 is 93.4. The Morgan fingerprint density at radius 3 is 1.38 bits per heavy atom. The lowest BCUT2D eigenvalue weighted by atomic mass is 9.95. The fourth-order valence-corrected chi connectivity index (χ4v) is 8.87. The van der Waals surface area contributed by atoms with E-state index in [1.54, 1.807) is 24.3 Å². The normalized spacial score (nSPS) is 16.2. The van der Waals surface area contributed by atoms with Gasteiger partial charge in [0, 0.05) is 84.1 Å². The Labute approximate surface area is 378 Å². The molecule has 2 aliphatic rings. The number of H-pyrrole nitrogens is 2. The number of aromatic hydroxyl groups is 2. The number of hydrogen-bond donors (Lipinski definition) is 4. The number of halogens is 8. The number of rotatable bonds is 9. The van der Waals surface area contributed by atoms with E-state index in [1.165, 1.54) is 46.5 Å². The summed E-state index contributed by atoms with van der Waals surface area (Å²) in [5.74, 6) is -6.71. The van der Waals surface area contributed by atoms with Crippen LogP contribution in [-0.4, -0.2) is 93.0 Å². The van der Waals surface area contributed by atoms with Crippen LogP contribution in [0.3, 0.4) is 0 Å². The first-order valence-corrected chi connectivity index (χ1v) is 20.6. The average Bonchev–Trinajstić information content (AvgIpc) is 4.08. The summed E-state index contributed by atoms with van der Waals surface area (Å²) in [5, 5.41) is 21.1. The highest BCUT2D eigenvalue weighted by Gasteiger charge is 2.45. The van der Waals surface area contributed by atoms with Crippen molar-refractivity contribution in [1.82, 2.24) is 19.9 Å². The molecule has 0 fully saturated rings. The fourth-order valence-electron chi connectivity index (χ4n) is 8.36. The van der Waals surface area contributed by atoms with Crippen molar-refractivity contribution < 1.29 is 65.2 Å². The van der Waals surface area contributed by atoms with Crippen molar-refractivity contribution in [2.75, 3.05) is 48.9 Å². The molecule has 2 aliphatic heterocycles. The molecule has 0 bridgehead atoms. The second kappa shape index (κ2) is 17.1. The summed E-state index contributed by atoms with van der Waals surface area (Å²) in [6.07, 6.45) is -1.77. The van der Waals surface area contributed by atoms with Crippen LogP contribution in [-0.2, 0) is 31.4 Å².